The lowest BCUT2D eigenvalue weighted by molar-refractivity contribution is -0.112. The van der Waals surface area contributed by atoms with E-state index in [-0.39, 0.29) is 5.70 Å². The van der Waals surface area contributed by atoms with Crippen molar-refractivity contribution >= 4 is 52.0 Å². The number of anilines is 2. The lowest BCUT2D eigenvalue weighted by Crippen LogP contribution is -2.27. The Hall–Kier alpha value is -4.02. The zero-order chi connectivity index (χ0) is 24.4. The fourth-order valence-corrected chi connectivity index (χ4v) is 3.74. The number of fused-ring (bicyclic) bond motifs is 1. The summed E-state index contributed by atoms with van der Waals surface area (Å²) in [5.74, 6) is 0.117. The van der Waals surface area contributed by atoms with E-state index in [0.717, 1.165) is 11.4 Å². The second-order valence-corrected chi connectivity index (χ2v) is 8.11. The molecule has 4 rings (SSSR count). The van der Waals surface area contributed by atoms with Gasteiger partial charge in [-0.25, -0.2) is 4.98 Å². The number of para-hydroxylation sites is 1. The fraction of sp³-hybridized carbons (Fsp3) is 0.0909. The number of nitrogens with zero attached hydrogens (tertiary/aromatic N) is 5. The monoisotopic (exact) mass is 495 g/mol. The van der Waals surface area contributed by atoms with Gasteiger partial charge in [0, 0.05) is 17.6 Å². The number of carbonyl (C=O) groups is 1. The number of halogens is 2. The van der Waals surface area contributed by atoms with Crippen LogP contribution in [0.5, 0.6) is 0 Å². The molecule has 5 N–H and O–H groups in total. The lowest BCUT2D eigenvalue weighted by atomic mass is 10.2. The van der Waals surface area contributed by atoms with Gasteiger partial charge in [-0.2, -0.15) is 0 Å². The van der Waals surface area contributed by atoms with Crippen LogP contribution in [0, 0.1) is 19.3 Å². The SMILES string of the molecule is Cc1cc(C)n2c(-c3ccc(N/C(=C/Nc4c(Cl)cccc4Cl)C(=N)C(N)=O)cn3)nnc2n1. The normalized spacial score (nSPS) is 11.5. The van der Waals surface area contributed by atoms with Crippen molar-refractivity contribution in [1.82, 2.24) is 24.6 Å². The number of primary amides is 1. The van der Waals surface area contributed by atoms with Crippen LogP contribution in [0.2, 0.25) is 10.0 Å². The minimum absolute atomic E-state index is 0.0986. The molecule has 0 unspecified atom stereocenters. The van der Waals surface area contributed by atoms with Crippen molar-refractivity contribution in [2.75, 3.05) is 10.6 Å². The van der Waals surface area contributed by atoms with E-state index in [2.05, 4.69) is 30.8 Å². The second-order valence-electron chi connectivity index (χ2n) is 7.29. The third-order valence-electron chi connectivity index (χ3n) is 4.80. The summed E-state index contributed by atoms with van der Waals surface area (Å²) in [6.07, 6.45) is 2.93. The quantitative estimate of drug-likeness (QED) is 0.283. The molecule has 0 bridgehead atoms. The highest BCUT2D eigenvalue weighted by Crippen LogP contribution is 2.30. The average molecular weight is 496 g/mol. The molecule has 3 heterocycles. The van der Waals surface area contributed by atoms with Gasteiger partial charge in [-0.1, -0.05) is 29.3 Å². The molecule has 0 radical (unpaired) electrons. The average Bonchev–Trinajstić information content (AvgIpc) is 3.22. The Kier molecular flexibility index (Phi) is 6.44. The number of hydrogen-bond acceptors (Lipinski definition) is 8. The number of benzene rings is 1. The first kappa shape index (κ1) is 23.1. The van der Waals surface area contributed by atoms with Crippen LogP contribution >= 0.6 is 23.2 Å². The molecule has 0 saturated carbocycles. The zero-order valence-electron chi connectivity index (χ0n) is 18.1. The molecule has 34 heavy (non-hydrogen) atoms. The van der Waals surface area contributed by atoms with E-state index in [0.29, 0.717) is 38.7 Å². The first-order chi connectivity index (χ1) is 16.2. The molecule has 0 aliphatic carbocycles. The summed E-state index contributed by atoms with van der Waals surface area (Å²) in [6.45, 7) is 3.83. The Morgan fingerprint density at radius 1 is 1.15 bits per heavy atom. The van der Waals surface area contributed by atoms with Crippen molar-refractivity contribution < 1.29 is 4.79 Å². The molecule has 1 amide bonds. The van der Waals surface area contributed by atoms with Crippen molar-refractivity contribution in [3.63, 3.8) is 0 Å². The highest BCUT2D eigenvalue weighted by atomic mass is 35.5. The van der Waals surface area contributed by atoms with Crippen molar-refractivity contribution in [1.29, 1.82) is 5.41 Å². The molecule has 4 aromatic rings. The number of pyridine rings is 1. The Labute approximate surface area is 204 Å². The van der Waals surface area contributed by atoms with Gasteiger partial charge in [0.1, 0.15) is 11.4 Å². The molecule has 1 aromatic carbocycles. The summed E-state index contributed by atoms with van der Waals surface area (Å²) < 4.78 is 1.81. The summed E-state index contributed by atoms with van der Waals surface area (Å²) in [5, 5.41) is 23.0. The molecule has 0 aliphatic heterocycles. The number of carbonyl (C=O) groups excluding carboxylic acids is 1. The van der Waals surface area contributed by atoms with Crippen LogP contribution in [0.25, 0.3) is 17.3 Å². The highest BCUT2D eigenvalue weighted by molar-refractivity contribution is 6.44. The maximum atomic E-state index is 11.7. The van der Waals surface area contributed by atoms with E-state index >= 15 is 0 Å². The van der Waals surface area contributed by atoms with Gasteiger partial charge in [0.25, 0.3) is 11.7 Å². The minimum atomic E-state index is -0.913. The molecule has 0 spiro atoms. The molecule has 0 saturated heterocycles. The van der Waals surface area contributed by atoms with Crippen molar-refractivity contribution in [2.24, 2.45) is 5.73 Å². The van der Waals surface area contributed by atoms with Gasteiger partial charge in [-0.05, 0) is 44.2 Å². The van der Waals surface area contributed by atoms with Crippen LogP contribution < -0.4 is 16.4 Å². The molecule has 12 heteroatoms. The summed E-state index contributed by atoms with van der Waals surface area (Å²) in [5.41, 5.74) is 8.25. The van der Waals surface area contributed by atoms with E-state index in [1.165, 1.54) is 12.4 Å². The van der Waals surface area contributed by atoms with Crippen LogP contribution in [0.4, 0.5) is 11.4 Å². The number of hydrogen-bond donors (Lipinski definition) is 4. The molecule has 0 aliphatic rings. The topological polar surface area (TPSA) is 147 Å². The van der Waals surface area contributed by atoms with Gasteiger partial charge >= 0.3 is 0 Å². The minimum Gasteiger partial charge on any atom is -0.364 e. The third kappa shape index (κ3) is 4.68. The maximum Gasteiger partial charge on any atom is 0.268 e. The third-order valence-corrected chi connectivity index (χ3v) is 5.43. The zero-order valence-corrected chi connectivity index (χ0v) is 19.6. The van der Waals surface area contributed by atoms with Gasteiger partial charge in [0.05, 0.1) is 33.3 Å². The number of aromatic nitrogens is 5. The number of nitrogens with one attached hydrogen (secondary N) is 3. The van der Waals surface area contributed by atoms with Gasteiger partial charge in [-0.3, -0.25) is 19.6 Å². The standard InChI is InChI=1S/C22H19Cl2N9O/c1-11-8-12(2)33-21(31-32-22(33)29-11)16-7-6-13(9-27-16)30-17(18(25)20(26)34)10-28-19-14(23)4-3-5-15(19)24/h3-10,25,28,30H,1-2H3,(H2,26,34)/b17-10+,25-18?. The Bertz CT molecular complexity index is 1420. The molecular formula is C22H19Cl2N9O. The van der Waals surface area contributed by atoms with Crippen LogP contribution in [0.15, 0.2) is 54.5 Å². The number of aryl methyl sites for hydroxylation is 2. The number of amides is 1. The number of rotatable bonds is 7. The number of nitrogens with two attached hydrogens (primary N) is 1. The Morgan fingerprint density at radius 2 is 1.88 bits per heavy atom. The van der Waals surface area contributed by atoms with E-state index in [1.807, 2.05) is 24.3 Å². The Morgan fingerprint density at radius 3 is 2.53 bits per heavy atom. The summed E-state index contributed by atoms with van der Waals surface area (Å²) >= 11 is 12.3. The highest BCUT2D eigenvalue weighted by Gasteiger charge is 2.15. The first-order valence-electron chi connectivity index (χ1n) is 9.97. The van der Waals surface area contributed by atoms with E-state index in [9.17, 15) is 4.79 Å². The molecule has 0 fully saturated rings. The van der Waals surface area contributed by atoms with Crippen LogP contribution in [-0.2, 0) is 4.79 Å². The first-order valence-corrected chi connectivity index (χ1v) is 10.7. The van der Waals surface area contributed by atoms with Gasteiger partial charge in [-0.15, -0.1) is 10.2 Å². The van der Waals surface area contributed by atoms with Gasteiger partial charge in [0.2, 0.25) is 0 Å². The molecule has 0 atom stereocenters. The van der Waals surface area contributed by atoms with Crippen LogP contribution in [-0.4, -0.2) is 36.2 Å². The smallest absolute Gasteiger partial charge is 0.268 e. The molecule has 3 aromatic heterocycles. The second kappa shape index (κ2) is 9.46. The van der Waals surface area contributed by atoms with E-state index in [4.69, 9.17) is 34.3 Å². The Balaban J connectivity index is 1.62. The van der Waals surface area contributed by atoms with Gasteiger partial charge in [0.15, 0.2) is 5.82 Å². The largest absolute Gasteiger partial charge is 0.364 e. The van der Waals surface area contributed by atoms with Crippen molar-refractivity contribution in [3.8, 4) is 11.5 Å². The van der Waals surface area contributed by atoms with Crippen LogP contribution in [0.1, 0.15) is 11.4 Å². The molecule has 10 nitrogen and oxygen atoms in total. The van der Waals surface area contributed by atoms with Crippen LogP contribution in [0.3, 0.4) is 0 Å². The predicted molar refractivity (Wildman–Crippen MR) is 132 cm³/mol. The molecule has 172 valence electrons. The van der Waals surface area contributed by atoms with Crippen molar-refractivity contribution in [3.05, 3.63) is 75.9 Å². The lowest BCUT2D eigenvalue weighted by Gasteiger charge is -2.13. The summed E-state index contributed by atoms with van der Waals surface area (Å²) in [4.78, 5) is 20.5. The molecular weight excluding hydrogens is 477 g/mol. The predicted octanol–water partition coefficient (Wildman–Crippen LogP) is 3.98. The fourth-order valence-electron chi connectivity index (χ4n) is 3.24. The van der Waals surface area contributed by atoms with Crippen molar-refractivity contribution in [2.45, 2.75) is 13.8 Å². The summed E-state index contributed by atoms with van der Waals surface area (Å²) in [6, 6.07) is 10.4. The maximum absolute atomic E-state index is 11.7. The summed E-state index contributed by atoms with van der Waals surface area (Å²) in [7, 11) is 0. The van der Waals surface area contributed by atoms with E-state index in [1.54, 1.807) is 30.3 Å². The van der Waals surface area contributed by atoms with Gasteiger partial charge < -0.3 is 16.4 Å². The van der Waals surface area contributed by atoms with E-state index < -0.39 is 11.6 Å².